The molecule has 104 valence electrons. The lowest BCUT2D eigenvalue weighted by molar-refractivity contribution is 0.101. The molecule has 0 N–H and O–H groups in total. The normalized spacial score (nSPS) is 10.4. The maximum atomic E-state index is 11.3. The topological polar surface area (TPSA) is 26.3 Å². The van der Waals surface area contributed by atoms with Crippen molar-refractivity contribution in [2.45, 2.75) is 34.3 Å². The minimum atomic E-state index is 0.0777. The van der Waals surface area contributed by atoms with Gasteiger partial charge in [0.25, 0.3) is 0 Å². The number of ketones is 1. The molecule has 0 saturated heterocycles. The molecule has 2 heteroatoms. The van der Waals surface area contributed by atoms with Gasteiger partial charge in [0.2, 0.25) is 0 Å². The van der Waals surface area contributed by atoms with E-state index in [1.54, 1.807) is 6.92 Å². The van der Waals surface area contributed by atoms with Crippen LogP contribution in [0.5, 0.6) is 5.75 Å². The Hall–Kier alpha value is -2.09. The predicted octanol–water partition coefficient (Wildman–Crippen LogP) is 4.39. The molecule has 2 aromatic rings. The van der Waals surface area contributed by atoms with Gasteiger partial charge < -0.3 is 4.74 Å². The van der Waals surface area contributed by atoms with E-state index in [0.29, 0.717) is 6.61 Å². The molecule has 0 unspecified atom stereocenters. The second-order valence-corrected chi connectivity index (χ2v) is 5.32. The Morgan fingerprint density at radius 3 is 2.20 bits per heavy atom. The van der Waals surface area contributed by atoms with Crippen LogP contribution in [0.2, 0.25) is 0 Å². The van der Waals surface area contributed by atoms with E-state index in [1.165, 1.54) is 11.1 Å². The van der Waals surface area contributed by atoms with Crippen molar-refractivity contribution in [1.29, 1.82) is 0 Å². The second-order valence-electron chi connectivity index (χ2n) is 5.32. The largest absolute Gasteiger partial charge is 0.489 e. The summed E-state index contributed by atoms with van der Waals surface area (Å²) >= 11 is 0. The molecular weight excluding hydrogens is 248 g/mol. The van der Waals surface area contributed by atoms with E-state index in [4.69, 9.17) is 4.74 Å². The van der Waals surface area contributed by atoms with Crippen LogP contribution in [0.25, 0.3) is 0 Å². The van der Waals surface area contributed by atoms with E-state index in [9.17, 15) is 4.79 Å². The maximum Gasteiger partial charge on any atom is 0.159 e. The van der Waals surface area contributed by atoms with Gasteiger partial charge in [0, 0.05) is 5.56 Å². The molecule has 0 aliphatic rings. The monoisotopic (exact) mass is 268 g/mol. The smallest absolute Gasteiger partial charge is 0.159 e. The van der Waals surface area contributed by atoms with Gasteiger partial charge in [-0.05, 0) is 57.0 Å². The second kappa shape index (κ2) is 5.91. The SMILES string of the molecule is CC(=O)c1ccc(OCc2cc(C)cc(C)c2)c(C)c1. The van der Waals surface area contributed by atoms with Gasteiger partial charge in [0.1, 0.15) is 12.4 Å². The van der Waals surface area contributed by atoms with Crippen LogP contribution in [-0.4, -0.2) is 5.78 Å². The van der Waals surface area contributed by atoms with Gasteiger partial charge in [-0.15, -0.1) is 0 Å². The molecule has 0 aliphatic carbocycles. The summed E-state index contributed by atoms with van der Waals surface area (Å²) in [5, 5.41) is 0. The number of rotatable bonds is 4. The van der Waals surface area contributed by atoms with E-state index in [0.717, 1.165) is 22.4 Å². The summed E-state index contributed by atoms with van der Waals surface area (Å²) in [4.78, 5) is 11.3. The van der Waals surface area contributed by atoms with Crippen LogP contribution in [0, 0.1) is 20.8 Å². The third-order valence-electron chi connectivity index (χ3n) is 3.26. The van der Waals surface area contributed by atoms with E-state index in [-0.39, 0.29) is 5.78 Å². The zero-order valence-corrected chi connectivity index (χ0v) is 12.5. The quantitative estimate of drug-likeness (QED) is 0.768. The Labute approximate surface area is 120 Å². The number of aryl methyl sites for hydroxylation is 3. The molecule has 0 saturated carbocycles. The van der Waals surface area contributed by atoms with Crippen molar-refractivity contribution in [3.8, 4) is 5.75 Å². The number of carbonyl (C=O) groups is 1. The van der Waals surface area contributed by atoms with E-state index < -0.39 is 0 Å². The van der Waals surface area contributed by atoms with Gasteiger partial charge in [-0.2, -0.15) is 0 Å². The van der Waals surface area contributed by atoms with Crippen molar-refractivity contribution in [3.05, 3.63) is 64.2 Å². The van der Waals surface area contributed by atoms with Crippen LogP contribution in [0.3, 0.4) is 0 Å². The number of benzene rings is 2. The molecule has 0 aromatic heterocycles. The van der Waals surface area contributed by atoms with Crippen molar-refractivity contribution in [2.24, 2.45) is 0 Å². The third-order valence-corrected chi connectivity index (χ3v) is 3.26. The van der Waals surface area contributed by atoms with E-state index in [2.05, 4.69) is 32.0 Å². The van der Waals surface area contributed by atoms with E-state index in [1.807, 2.05) is 25.1 Å². The van der Waals surface area contributed by atoms with Crippen molar-refractivity contribution in [1.82, 2.24) is 0 Å². The minimum absolute atomic E-state index is 0.0777. The highest BCUT2D eigenvalue weighted by Gasteiger charge is 2.05. The van der Waals surface area contributed by atoms with Crippen LogP contribution < -0.4 is 4.74 Å². The summed E-state index contributed by atoms with van der Waals surface area (Å²) < 4.78 is 5.86. The average Bonchev–Trinajstić information content (AvgIpc) is 2.36. The molecule has 2 nitrogen and oxygen atoms in total. The average molecular weight is 268 g/mol. The number of carbonyl (C=O) groups excluding carboxylic acids is 1. The Morgan fingerprint density at radius 1 is 1.00 bits per heavy atom. The molecule has 0 atom stereocenters. The highest BCUT2D eigenvalue weighted by atomic mass is 16.5. The van der Waals surface area contributed by atoms with Gasteiger partial charge in [-0.3, -0.25) is 4.79 Å². The predicted molar refractivity (Wildman–Crippen MR) is 81.4 cm³/mol. The zero-order chi connectivity index (χ0) is 14.7. The number of hydrogen-bond donors (Lipinski definition) is 0. The first-order valence-corrected chi connectivity index (χ1v) is 6.77. The molecule has 0 heterocycles. The first-order valence-electron chi connectivity index (χ1n) is 6.77. The highest BCUT2D eigenvalue weighted by Crippen LogP contribution is 2.21. The van der Waals surface area contributed by atoms with Crippen LogP contribution in [0.4, 0.5) is 0 Å². The molecule has 0 bridgehead atoms. The summed E-state index contributed by atoms with van der Waals surface area (Å²) in [5.41, 5.74) is 5.36. The van der Waals surface area contributed by atoms with Gasteiger partial charge in [0.15, 0.2) is 5.78 Å². The zero-order valence-electron chi connectivity index (χ0n) is 12.5. The van der Waals surface area contributed by atoms with Gasteiger partial charge in [0.05, 0.1) is 0 Å². The van der Waals surface area contributed by atoms with E-state index >= 15 is 0 Å². The summed E-state index contributed by atoms with van der Waals surface area (Å²) in [6.45, 7) is 8.25. The van der Waals surface area contributed by atoms with Crippen LogP contribution >= 0.6 is 0 Å². The number of ether oxygens (including phenoxy) is 1. The Balaban J connectivity index is 2.12. The lowest BCUT2D eigenvalue weighted by Gasteiger charge is -2.11. The first-order chi connectivity index (χ1) is 9.45. The Kier molecular flexibility index (Phi) is 4.23. The molecule has 2 rings (SSSR count). The molecule has 0 amide bonds. The highest BCUT2D eigenvalue weighted by molar-refractivity contribution is 5.94. The van der Waals surface area contributed by atoms with Gasteiger partial charge >= 0.3 is 0 Å². The van der Waals surface area contributed by atoms with Crippen molar-refractivity contribution >= 4 is 5.78 Å². The molecule has 2 aromatic carbocycles. The lowest BCUT2D eigenvalue weighted by atomic mass is 10.1. The standard InChI is InChI=1S/C18H20O2/c1-12-7-13(2)9-16(8-12)11-20-18-6-5-17(15(4)19)10-14(18)3/h5-10H,11H2,1-4H3. The summed E-state index contributed by atoms with van der Waals surface area (Å²) in [6.07, 6.45) is 0. The van der Waals surface area contributed by atoms with Gasteiger partial charge in [-0.1, -0.05) is 29.3 Å². The summed E-state index contributed by atoms with van der Waals surface area (Å²) in [7, 11) is 0. The lowest BCUT2D eigenvalue weighted by Crippen LogP contribution is -2.00. The molecule has 20 heavy (non-hydrogen) atoms. The fraction of sp³-hybridized carbons (Fsp3) is 0.278. The molecule has 0 spiro atoms. The maximum absolute atomic E-state index is 11.3. The molecule has 0 fully saturated rings. The Morgan fingerprint density at radius 2 is 1.65 bits per heavy atom. The van der Waals surface area contributed by atoms with Crippen LogP contribution in [-0.2, 0) is 6.61 Å². The summed E-state index contributed by atoms with van der Waals surface area (Å²) in [5.74, 6) is 0.906. The summed E-state index contributed by atoms with van der Waals surface area (Å²) in [6, 6.07) is 12.0. The third kappa shape index (κ3) is 3.47. The van der Waals surface area contributed by atoms with Crippen molar-refractivity contribution in [3.63, 3.8) is 0 Å². The van der Waals surface area contributed by atoms with Gasteiger partial charge in [-0.25, -0.2) is 0 Å². The molecule has 0 radical (unpaired) electrons. The fourth-order valence-electron chi connectivity index (χ4n) is 2.34. The van der Waals surface area contributed by atoms with Crippen LogP contribution in [0.15, 0.2) is 36.4 Å². The first kappa shape index (κ1) is 14.3. The van der Waals surface area contributed by atoms with Crippen LogP contribution in [0.1, 0.15) is 39.5 Å². The molecular formula is C18H20O2. The Bertz CT molecular complexity index is 622. The molecule has 0 aliphatic heterocycles. The van der Waals surface area contributed by atoms with Crippen molar-refractivity contribution in [2.75, 3.05) is 0 Å². The minimum Gasteiger partial charge on any atom is -0.489 e. The van der Waals surface area contributed by atoms with Crippen molar-refractivity contribution < 1.29 is 9.53 Å². The number of hydrogen-bond acceptors (Lipinski definition) is 2. The number of Topliss-reactive ketones (excluding diaryl/α,β-unsaturated/α-hetero) is 1. The fourth-order valence-corrected chi connectivity index (χ4v) is 2.34.